The second-order valence-corrected chi connectivity index (χ2v) is 11.5. The van der Waals surface area contributed by atoms with Crippen LogP contribution < -0.4 is 4.90 Å². The molecule has 1 saturated carbocycles. The van der Waals surface area contributed by atoms with Gasteiger partial charge in [-0.05, 0) is 73.3 Å². The molecule has 2 atom stereocenters. The van der Waals surface area contributed by atoms with E-state index in [4.69, 9.17) is 11.6 Å². The van der Waals surface area contributed by atoms with Gasteiger partial charge in [-0.3, -0.25) is 0 Å². The number of nitrogens with zero attached hydrogens (tertiary/aromatic N) is 1. The van der Waals surface area contributed by atoms with Gasteiger partial charge in [0.1, 0.15) is 5.82 Å². The van der Waals surface area contributed by atoms with Crippen molar-refractivity contribution in [3.63, 3.8) is 0 Å². The highest BCUT2D eigenvalue weighted by Crippen LogP contribution is 2.45. The molecule has 2 aliphatic rings. The van der Waals surface area contributed by atoms with Gasteiger partial charge in [-0.1, -0.05) is 49.2 Å². The number of allylic oxidation sites excluding steroid dienone is 3. The van der Waals surface area contributed by atoms with Crippen LogP contribution in [0.25, 0.3) is 0 Å². The molecule has 0 radical (unpaired) electrons. The summed E-state index contributed by atoms with van der Waals surface area (Å²) in [5.74, 6) is -4.47. The van der Waals surface area contributed by atoms with E-state index in [2.05, 4.69) is 11.8 Å². The van der Waals surface area contributed by atoms with Crippen molar-refractivity contribution >= 4 is 35.0 Å². The van der Waals surface area contributed by atoms with Gasteiger partial charge >= 0.3 is 5.97 Å². The number of benzene rings is 2. The number of halogens is 4. The number of para-hydroxylation sites is 1. The fourth-order valence-electron chi connectivity index (χ4n) is 5.65. The van der Waals surface area contributed by atoms with E-state index in [1.807, 2.05) is 42.7 Å². The Kier molecular flexibility index (Phi) is 9.19. The highest BCUT2D eigenvalue weighted by Gasteiger charge is 2.38. The molecule has 0 spiro atoms. The first-order valence-corrected chi connectivity index (χ1v) is 14.6. The molecule has 2 aromatic rings. The van der Waals surface area contributed by atoms with Crippen LogP contribution in [-0.4, -0.2) is 29.8 Å². The summed E-state index contributed by atoms with van der Waals surface area (Å²) < 4.78 is 41.8. The molecule has 4 rings (SSSR count). The SMILES string of the molecule is CCC(CN(C1=C(SC)CC(c2ccc(F)c(C(=O)O)c2)C(Cl)=C1)c1ccccc1)C1CCC(F)(F)CC1. The van der Waals surface area contributed by atoms with E-state index in [9.17, 15) is 23.1 Å². The third-order valence-corrected chi connectivity index (χ3v) is 9.12. The molecule has 38 heavy (non-hydrogen) atoms. The number of carboxylic acids is 1. The molecule has 2 aromatic carbocycles. The molecule has 0 saturated heterocycles. The third-order valence-electron chi connectivity index (χ3n) is 7.88. The first-order chi connectivity index (χ1) is 18.1. The minimum absolute atomic E-state index is 0.0539. The van der Waals surface area contributed by atoms with Gasteiger partial charge in [0.25, 0.3) is 0 Å². The molecule has 3 nitrogen and oxygen atoms in total. The number of carbonyl (C=O) groups is 1. The Morgan fingerprint density at radius 3 is 2.47 bits per heavy atom. The lowest BCUT2D eigenvalue weighted by Crippen LogP contribution is -2.36. The second kappa shape index (κ2) is 12.2. The van der Waals surface area contributed by atoms with E-state index in [1.165, 1.54) is 12.1 Å². The highest BCUT2D eigenvalue weighted by atomic mass is 35.5. The molecule has 2 aliphatic carbocycles. The Bertz CT molecular complexity index is 1210. The molecule has 8 heteroatoms. The predicted octanol–water partition coefficient (Wildman–Crippen LogP) is 9.07. The Labute approximate surface area is 231 Å². The summed E-state index contributed by atoms with van der Waals surface area (Å²) in [7, 11) is 0. The van der Waals surface area contributed by atoms with Crippen molar-refractivity contribution in [2.24, 2.45) is 11.8 Å². The Hall–Kier alpha value is -2.38. The fourth-order valence-corrected chi connectivity index (χ4v) is 6.66. The van der Waals surface area contributed by atoms with Gasteiger partial charge in [-0.25, -0.2) is 18.0 Å². The zero-order valence-electron chi connectivity index (χ0n) is 21.6. The highest BCUT2D eigenvalue weighted by molar-refractivity contribution is 8.02. The van der Waals surface area contributed by atoms with Crippen molar-refractivity contribution in [3.05, 3.63) is 87.2 Å². The number of alkyl halides is 2. The van der Waals surface area contributed by atoms with Gasteiger partial charge < -0.3 is 10.0 Å². The molecule has 0 amide bonds. The Morgan fingerprint density at radius 2 is 1.87 bits per heavy atom. The van der Waals surface area contributed by atoms with Gasteiger partial charge in [-0.2, -0.15) is 0 Å². The average Bonchev–Trinajstić information content (AvgIpc) is 2.90. The summed E-state index contributed by atoms with van der Waals surface area (Å²) in [4.78, 5) is 14.8. The van der Waals surface area contributed by atoms with Crippen LogP contribution in [0.2, 0.25) is 0 Å². The largest absolute Gasteiger partial charge is 0.478 e. The first kappa shape index (κ1) is 28.6. The quantitative estimate of drug-likeness (QED) is 0.330. The standard InChI is InChI=1S/C30H33ClF3NO2S/c1-3-19(20-11-13-30(33,34)14-12-20)18-35(22-7-5-4-6-8-22)27-17-25(31)23(16-28(27)38-2)21-9-10-26(32)24(15-21)29(36)37/h4-10,15,17,19-20,23H,3,11-14,16,18H2,1-2H3,(H,36,37). The van der Waals surface area contributed by atoms with Crippen LogP contribution in [0.3, 0.4) is 0 Å². The van der Waals surface area contributed by atoms with Gasteiger partial charge in [-0.15, -0.1) is 11.8 Å². The minimum atomic E-state index is -2.56. The summed E-state index contributed by atoms with van der Waals surface area (Å²) in [6, 6.07) is 14.1. The van der Waals surface area contributed by atoms with Crippen molar-refractivity contribution in [3.8, 4) is 0 Å². The number of hydrogen-bond acceptors (Lipinski definition) is 3. The van der Waals surface area contributed by atoms with Crippen LogP contribution in [0.4, 0.5) is 18.9 Å². The van der Waals surface area contributed by atoms with Gasteiger partial charge in [0.05, 0.1) is 11.3 Å². The number of thioether (sulfide) groups is 1. The number of hydrogen-bond donors (Lipinski definition) is 1. The van der Waals surface area contributed by atoms with Crippen LogP contribution in [0.5, 0.6) is 0 Å². The van der Waals surface area contributed by atoms with Gasteiger partial charge in [0.15, 0.2) is 0 Å². The number of anilines is 1. The van der Waals surface area contributed by atoms with E-state index in [-0.39, 0.29) is 36.2 Å². The topological polar surface area (TPSA) is 40.5 Å². The average molecular weight is 564 g/mol. The summed E-state index contributed by atoms with van der Waals surface area (Å²) >= 11 is 8.46. The number of rotatable bonds is 9. The molecule has 0 heterocycles. The lowest BCUT2D eigenvalue weighted by atomic mass is 9.77. The maximum Gasteiger partial charge on any atom is 0.338 e. The van der Waals surface area contributed by atoms with Crippen LogP contribution >= 0.6 is 23.4 Å². The fraction of sp³-hybridized carbons (Fsp3) is 0.433. The molecule has 0 bridgehead atoms. The van der Waals surface area contributed by atoms with Gasteiger partial charge in [0, 0.05) is 40.9 Å². The Balaban J connectivity index is 1.67. The predicted molar refractivity (Wildman–Crippen MR) is 150 cm³/mol. The van der Waals surface area contributed by atoms with Crippen molar-refractivity contribution in [2.75, 3.05) is 17.7 Å². The number of aromatic carboxylic acids is 1. The molecular weight excluding hydrogens is 531 g/mol. The minimum Gasteiger partial charge on any atom is -0.478 e. The van der Waals surface area contributed by atoms with E-state index >= 15 is 0 Å². The molecule has 1 N–H and O–H groups in total. The zero-order valence-corrected chi connectivity index (χ0v) is 23.2. The maximum absolute atomic E-state index is 14.0. The molecule has 204 valence electrons. The summed E-state index contributed by atoms with van der Waals surface area (Å²) in [5.41, 5.74) is 2.24. The molecular formula is C30H33ClF3NO2S. The molecule has 2 unspecified atom stereocenters. The van der Waals surface area contributed by atoms with Crippen LogP contribution in [0.1, 0.15) is 67.3 Å². The normalized spacial score (nSPS) is 20.7. The summed E-state index contributed by atoms with van der Waals surface area (Å²) in [6.07, 6.45) is 6.30. The Morgan fingerprint density at radius 1 is 1.18 bits per heavy atom. The van der Waals surface area contributed by atoms with E-state index in [0.717, 1.165) is 22.7 Å². The van der Waals surface area contributed by atoms with Crippen molar-refractivity contribution in [2.45, 2.75) is 57.3 Å². The second-order valence-electron chi connectivity index (χ2n) is 10.2. The lowest BCUT2D eigenvalue weighted by molar-refractivity contribution is -0.0520. The number of carboxylic acid groups (broad SMARTS) is 1. The lowest BCUT2D eigenvalue weighted by Gasteiger charge is -2.39. The molecule has 0 aromatic heterocycles. The zero-order chi connectivity index (χ0) is 27.4. The molecule has 0 aliphatic heterocycles. The van der Waals surface area contributed by atoms with Gasteiger partial charge in [0.2, 0.25) is 5.92 Å². The molecule has 1 fully saturated rings. The summed E-state index contributed by atoms with van der Waals surface area (Å²) in [6.45, 7) is 2.81. The van der Waals surface area contributed by atoms with Crippen molar-refractivity contribution in [1.82, 2.24) is 0 Å². The monoisotopic (exact) mass is 563 g/mol. The van der Waals surface area contributed by atoms with E-state index in [1.54, 1.807) is 17.8 Å². The van der Waals surface area contributed by atoms with Crippen molar-refractivity contribution < 1.29 is 23.1 Å². The smallest absolute Gasteiger partial charge is 0.338 e. The van der Waals surface area contributed by atoms with Crippen molar-refractivity contribution in [1.29, 1.82) is 0 Å². The van der Waals surface area contributed by atoms with E-state index in [0.29, 0.717) is 36.4 Å². The summed E-state index contributed by atoms with van der Waals surface area (Å²) in [5, 5.41) is 9.94. The third kappa shape index (κ3) is 6.42. The van der Waals surface area contributed by atoms with E-state index < -0.39 is 17.7 Å². The maximum atomic E-state index is 14.0. The van der Waals surface area contributed by atoms with Crippen LogP contribution in [0.15, 0.2) is 70.2 Å². The first-order valence-electron chi connectivity index (χ1n) is 13.0. The van der Waals surface area contributed by atoms with Crippen LogP contribution in [-0.2, 0) is 0 Å². The van der Waals surface area contributed by atoms with Crippen LogP contribution in [0, 0.1) is 17.7 Å².